The highest BCUT2D eigenvalue weighted by molar-refractivity contribution is 7.14. The van der Waals surface area contributed by atoms with Crippen molar-refractivity contribution in [2.24, 2.45) is 0 Å². The Morgan fingerprint density at radius 3 is 2.76 bits per heavy atom. The summed E-state index contributed by atoms with van der Waals surface area (Å²) in [4.78, 5) is 26.8. The van der Waals surface area contributed by atoms with E-state index in [1.54, 1.807) is 6.07 Å². The molecule has 0 spiro atoms. The number of ether oxygens (including phenoxy) is 2. The number of carbonyl (C=O) groups is 2. The van der Waals surface area contributed by atoms with Crippen LogP contribution in [0.1, 0.15) is 47.3 Å². The van der Waals surface area contributed by atoms with Crippen LogP contribution in [0.25, 0.3) is 0 Å². The molecule has 2 atom stereocenters. The lowest BCUT2D eigenvalue weighted by Crippen LogP contribution is -2.50. The quantitative estimate of drug-likeness (QED) is 0.852. The van der Waals surface area contributed by atoms with Gasteiger partial charge in [0, 0.05) is 24.0 Å². The van der Waals surface area contributed by atoms with Crippen LogP contribution in [0.5, 0.6) is 0 Å². The smallest absolute Gasteiger partial charge is 0.407 e. The molecule has 1 aromatic heterocycles. The molecule has 1 aromatic rings. The van der Waals surface area contributed by atoms with E-state index in [1.807, 2.05) is 20.8 Å². The molecule has 0 bridgehead atoms. The second-order valence-corrected chi connectivity index (χ2v) is 8.68. The minimum atomic E-state index is -0.867. The Labute approximate surface area is 150 Å². The third-order valence-electron chi connectivity index (χ3n) is 4.25. The van der Waals surface area contributed by atoms with E-state index in [4.69, 9.17) is 14.6 Å². The van der Waals surface area contributed by atoms with Crippen molar-refractivity contribution in [3.05, 3.63) is 21.4 Å². The number of nitrogens with zero attached hydrogens (tertiary/aromatic N) is 1. The minimum Gasteiger partial charge on any atom is -0.477 e. The van der Waals surface area contributed by atoms with Gasteiger partial charge in [0.1, 0.15) is 10.5 Å². The topological polar surface area (TPSA) is 88.1 Å². The molecule has 25 heavy (non-hydrogen) atoms. The molecular weight excluding hydrogens is 344 g/mol. The number of carbonyl (C=O) groups excluding carboxylic acids is 1. The average Bonchev–Trinajstić information content (AvgIpc) is 3.03. The largest absolute Gasteiger partial charge is 0.477 e. The molecule has 7 nitrogen and oxygen atoms in total. The van der Waals surface area contributed by atoms with E-state index in [-0.39, 0.29) is 12.1 Å². The summed E-state index contributed by atoms with van der Waals surface area (Å²) in [5.41, 5.74) is 0.564. The predicted molar refractivity (Wildman–Crippen MR) is 92.9 cm³/mol. The fraction of sp³-hybridized carbons (Fsp3) is 0.647. The fourth-order valence-electron chi connectivity index (χ4n) is 3.20. The number of hydrogen-bond donors (Lipinski definition) is 2. The summed E-state index contributed by atoms with van der Waals surface area (Å²) >= 11 is 1.34. The predicted octanol–water partition coefficient (Wildman–Crippen LogP) is 2.44. The maximum Gasteiger partial charge on any atom is 0.407 e. The van der Waals surface area contributed by atoms with Crippen LogP contribution in [-0.2, 0) is 22.6 Å². The molecule has 1 unspecified atom stereocenters. The molecule has 1 fully saturated rings. The van der Waals surface area contributed by atoms with Crippen molar-refractivity contribution in [2.45, 2.75) is 58.0 Å². The normalized spacial score (nSPS) is 24.0. The molecule has 2 N–H and O–H groups in total. The molecule has 0 aromatic carbocycles. The zero-order valence-corrected chi connectivity index (χ0v) is 15.5. The van der Waals surface area contributed by atoms with Crippen LogP contribution in [0.4, 0.5) is 4.79 Å². The lowest BCUT2D eigenvalue weighted by atomic mass is 10.0. The summed E-state index contributed by atoms with van der Waals surface area (Å²) in [6.45, 7) is 8.07. The number of nitrogens with one attached hydrogen (secondary N) is 1. The van der Waals surface area contributed by atoms with Gasteiger partial charge in [0.15, 0.2) is 0 Å². The fourth-order valence-corrected chi connectivity index (χ4v) is 4.24. The van der Waals surface area contributed by atoms with Gasteiger partial charge in [0.2, 0.25) is 0 Å². The van der Waals surface area contributed by atoms with Crippen molar-refractivity contribution in [1.82, 2.24) is 10.2 Å². The average molecular weight is 368 g/mol. The van der Waals surface area contributed by atoms with Gasteiger partial charge in [-0.25, -0.2) is 9.59 Å². The lowest BCUT2D eigenvalue weighted by molar-refractivity contribution is -0.00771. The number of amides is 1. The van der Waals surface area contributed by atoms with E-state index in [0.717, 1.165) is 30.0 Å². The van der Waals surface area contributed by atoms with Gasteiger partial charge in [-0.1, -0.05) is 0 Å². The summed E-state index contributed by atoms with van der Waals surface area (Å²) in [6.07, 6.45) is 0.369. The number of carboxylic acids is 1. The van der Waals surface area contributed by atoms with Gasteiger partial charge in [-0.2, -0.15) is 0 Å². The third kappa shape index (κ3) is 4.50. The number of hydrogen-bond acceptors (Lipinski definition) is 6. The number of rotatable bonds is 3. The first-order valence-electron chi connectivity index (χ1n) is 8.37. The van der Waals surface area contributed by atoms with Crippen LogP contribution in [0.15, 0.2) is 6.07 Å². The molecule has 1 amide bonds. The first-order valence-corrected chi connectivity index (χ1v) is 9.19. The lowest BCUT2D eigenvalue weighted by Gasteiger charge is -2.35. The molecule has 0 saturated carbocycles. The van der Waals surface area contributed by atoms with Gasteiger partial charge in [-0.3, -0.25) is 4.90 Å². The highest BCUT2D eigenvalue weighted by Crippen LogP contribution is 2.33. The Bertz CT molecular complexity index is 643. The summed E-state index contributed by atoms with van der Waals surface area (Å²) < 4.78 is 11.0. The minimum absolute atomic E-state index is 0.0817. The van der Waals surface area contributed by atoms with E-state index in [9.17, 15) is 9.59 Å². The Balaban J connectivity index is 1.55. The Kier molecular flexibility index (Phi) is 5.04. The molecule has 138 valence electrons. The van der Waals surface area contributed by atoms with E-state index in [0.29, 0.717) is 18.1 Å². The Morgan fingerprint density at radius 2 is 2.12 bits per heavy atom. The zero-order chi connectivity index (χ0) is 18.2. The SMILES string of the molecule is CC(C)(C)OC(=O)NC1COC[C@H](N2Cc3cc(C(=O)O)sc3C2)C1. The molecule has 8 heteroatoms. The van der Waals surface area contributed by atoms with Crippen LogP contribution in [-0.4, -0.2) is 53.0 Å². The van der Waals surface area contributed by atoms with Crippen LogP contribution < -0.4 is 5.32 Å². The maximum atomic E-state index is 11.9. The van der Waals surface area contributed by atoms with Gasteiger partial charge >= 0.3 is 12.1 Å². The van der Waals surface area contributed by atoms with Gasteiger partial charge in [-0.15, -0.1) is 11.3 Å². The molecule has 0 radical (unpaired) electrons. The summed E-state index contributed by atoms with van der Waals surface area (Å²) in [7, 11) is 0. The van der Waals surface area contributed by atoms with Gasteiger partial charge < -0.3 is 19.9 Å². The second kappa shape index (κ2) is 6.93. The maximum absolute atomic E-state index is 11.9. The van der Waals surface area contributed by atoms with E-state index >= 15 is 0 Å². The number of alkyl carbamates (subject to hydrolysis) is 1. The molecule has 3 rings (SSSR count). The van der Waals surface area contributed by atoms with Gasteiger partial charge in [-0.05, 0) is 38.8 Å². The highest BCUT2D eigenvalue weighted by atomic mass is 32.1. The van der Waals surface area contributed by atoms with Crippen molar-refractivity contribution in [3.8, 4) is 0 Å². The van der Waals surface area contributed by atoms with Crippen LogP contribution in [0, 0.1) is 0 Å². The monoisotopic (exact) mass is 368 g/mol. The van der Waals surface area contributed by atoms with Gasteiger partial charge in [0.25, 0.3) is 0 Å². The molecule has 3 heterocycles. The zero-order valence-electron chi connectivity index (χ0n) is 14.7. The number of aromatic carboxylic acids is 1. The number of thiophene rings is 1. The number of carboxylic acid groups (broad SMARTS) is 1. The van der Waals surface area contributed by atoms with E-state index in [2.05, 4.69) is 10.2 Å². The van der Waals surface area contributed by atoms with E-state index < -0.39 is 17.7 Å². The summed E-state index contributed by atoms with van der Waals surface area (Å²) in [6, 6.07) is 1.88. The highest BCUT2D eigenvalue weighted by Gasteiger charge is 2.33. The Morgan fingerprint density at radius 1 is 1.36 bits per heavy atom. The van der Waals surface area contributed by atoms with Crippen molar-refractivity contribution in [3.63, 3.8) is 0 Å². The Hall–Kier alpha value is -1.64. The molecule has 1 saturated heterocycles. The van der Waals surface area contributed by atoms with Crippen LogP contribution in [0.2, 0.25) is 0 Å². The van der Waals surface area contributed by atoms with Crippen molar-refractivity contribution in [1.29, 1.82) is 0 Å². The molecule has 2 aliphatic heterocycles. The molecule has 2 aliphatic rings. The number of fused-ring (bicyclic) bond motifs is 1. The van der Waals surface area contributed by atoms with Crippen LogP contribution >= 0.6 is 11.3 Å². The summed E-state index contributed by atoms with van der Waals surface area (Å²) in [5, 5.41) is 12.0. The van der Waals surface area contributed by atoms with Crippen molar-refractivity contribution < 1.29 is 24.2 Å². The van der Waals surface area contributed by atoms with Crippen molar-refractivity contribution in [2.75, 3.05) is 13.2 Å². The van der Waals surface area contributed by atoms with Crippen molar-refractivity contribution >= 4 is 23.4 Å². The molecule has 0 aliphatic carbocycles. The third-order valence-corrected chi connectivity index (χ3v) is 5.40. The molecular formula is C17H24N2O5S. The standard InChI is InChI=1S/C17H24N2O5S/c1-17(2,3)24-16(22)18-11-5-12(9-23-8-11)19-6-10-4-13(15(20)21)25-14(10)7-19/h4,11-12H,5-9H2,1-3H3,(H,18,22)(H,20,21)/t11?,12-/m1/s1. The first kappa shape index (κ1) is 18.2. The van der Waals surface area contributed by atoms with Crippen LogP contribution in [0.3, 0.4) is 0 Å². The second-order valence-electron chi connectivity index (χ2n) is 7.54. The van der Waals surface area contributed by atoms with Gasteiger partial charge in [0.05, 0.1) is 19.3 Å². The first-order chi connectivity index (χ1) is 11.7. The van der Waals surface area contributed by atoms with E-state index in [1.165, 1.54) is 11.3 Å². The summed E-state index contributed by atoms with van der Waals surface area (Å²) in [5.74, 6) is -0.867.